The summed E-state index contributed by atoms with van der Waals surface area (Å²) in [5, 5.41) is 9.54. The van der Waals surface area contributed by atoms with Gasteiger partial charge in [0.15, 0.2) is 5.78 Å². The lowest BCUT2D eigenvalue weighted by Gasteiger charge is -2.13. The average molecular weight is 217 g/mol. The second-order valence-corrected chi connectivity index (χ2v) is 3.72. The summed E-state index contributed by atoms with van der Waals surface area (Å²) in [5.41, 5.74) is 0.369. The maximum atomic E-state index is 11.7. The summed E-state index contributed by atoms with van der Waals surface area (Å²) in [6.07, 6.45) is 0. The molecule has 0 aliphatic heterocycles. The van der Waals surface area contributed by atoms with Crippen molar-refractivity contribution in [3.63, 3.8) is 0 Å². The van der Waals surface area contributed by atoms with Gasteiger partial charge < -0.3 is 10.0 Å². The number of phenolic OH excluding ortho intramolecular Hbond substituents is 1. The van der Waals surface area contributed by atoms with Crippen LogP contribution in [0.15, 0.2) is 12.1 Å². The van der Waals surface area contributed by atoms with E-state index < -0.39 is 0 Å². The number of carbonyl (C=O) groups excluding carboxylic acids is 2. The van der Waals surface area contributed by atoms with Gasteiger partial charge in [-0.2, -0.15) is 0 Å². The maximum absolute atomic E-state index is 11.7. The molecule has 82 valence electrons. The lowest BCUT2D eigenvalue weighted by atomic mass is 9.89. The molecule has 1 N–H and O–H groups in total. The van der Waals surface area contributed by atoms with Crippen molar-refractivity contribution in [2.45, 2.75) is 6.92 Å². The van der Waals surface area contributed by atoms with Gasteiger partial charge in [0.25, 0.3) is 5.91 Å². The molecule has 0 saturated carbocycles. The van der Waals surface area contributed by atoms with E-state index in [-0.39, 0.29) is 34.0 Å². The van der Waals surface area contributed by atoms with Crippen LogP contribution in [0.25, 0.3) is 0 Å². The Morgan fingerprint density at radius 2 is 1.88 bits per heavy atom. The van der Waals surface area contributed by atoms with E-state index >= 15 is 0 Å². The van der Waals surface area contributed by atoms with Gasteiger partial charge in [0.2, 0.25) is 0 Å². The van der Waals surface area contributed by atoms with Crippen molar-refractivity contribution >= 4 is 25.0 Å². The molecule has 1 rings (SSSR count). The molecule has 0 spiro atoms. The summed E-state index contributed by atoms with van der Waals surface area (Å²) in [4.78, 5) is 24.3. The minimum absolute atomic E-state index is 0.0258. The first-order chi connectivity index (χ1) is 7.34. The Labute approximate surface area is 95.3 Å². The summed E-state index contributed by atoms with van der Waals surface area (Å²) in [6.45, 7) is 1.30. The number of hydrogen-bond donors (Lipinski definition) is 1. The van der Waals surface area contributed by atoms with Crippen LogP contribution in [0, 0.1) is 0 Å². The fourth-order valence-electron chi connectivity index (χ4n) is 1.31. The molecule has 0 saturated heterocycles. The quantitative estimate of drug-likeness (QED) is 0.564. The zero-order valence-electron chi connectivity index (χ0n) is 9.44. The van der Waals surface area contributed by atoms with Crippen LogP contribution in [0.2, 0.25) is 0 Å². The van der Waals surface area contributed by atoms with Crippen LogP contribution in [0.3, 0.4) is 0 Å². The van der Waals surface area contributed by atoms with Crippen LogP contribution in [0.1, 0.15) is 27.6 Å². The topological polar surface area (TPSA) is 57.6 Å². The zero-order valence-corrected chi connectivity index (χ0v) is 9.44. The Kier molecular flexibility index (Phi) is 3.37. The van der Waals surface area contributed by atoms with Gasteiger partial charge in [0.1, 0.15) is 13.6 Å². The average Bonchev–Trinajstić information content (AvgIpc) is 2.20. The summed E-state index contributed by atoms with van der Waals surface area (Å²) in [6, 6.07) is 2.69. The standard InChI is InChI=1S/C11H12BNO3/c1-6(14)8-4-7(11(16)13(2)3)5-9(12)10(8)15/h4-5,15H,1-3H3. The van der Waals surface area contributed by atoms with Crippen LogP contribution < -0.4 is 5.46 Å². The molecule has 2 radical (unpaired) electrons. The highest BCUT2D eigenvalue weighted by Gasteiger charge is 2.15. The Hall–Kier alpha value is -1.78. The van der Waals surface area contributed by atoms with Crippen molar-refractivity contribution in [3.05, 3.63) is 23.3 Å². The first-order valence-electron chi connectivity index (χ1n) is 4.69. The van der Waals surface area contributed by atoms with E-state index in [1.54, 1.807) is 14.1 Å². The van der Waals surface area contributed by atoms with E-state index in [2.05, 4.69) is 0 Å². The molecule has 0 aliphatic rings. The second-order valence-electron chi connectivity index (χ2n) is 3.72. The number of phenols is 1. The van der Waals surface area contributed by atoms with Gasteiger partial charge in [-0.1, -0.05) is 11.5 Å². The lowest BCUT2D eigenvalue weighted by Crippen LogP contribution is -2.23. The van der Waals surface area contributed by atoms with Crippen LogP contribution in [0.5, 0.6) is 5.75 Å². The van der Waals surface area contributed by atoms with E-state index in [0.717, 1.165) is 0 Å². The Bertz CT molecular complexity index is 455. The second kappa shape index (κ2) is 4.39. The molecule has 1 aromatic rings. The van der Waals surface area contributed by atoms with Gasteiger partial charge in [0.05, 0.1) is 5.56 Å². The molecule has 0 unspecified atom stereocenters. The van der Waals surface area contributed by atoms with E-state index in [1.807, 2.05) is 0 Å². The Morgan fingerprint density at radius 3 is 2.31 bits per heavy atom. The van der Waals surface area contributed by atoms with E-state index in [9.17, 15) is 14.7 Å². The molecule has 1 aromatic carbocycles. The third-order valence-corrected chi connectivity index (χ3v) is 2.17. The smallest absolute Gasteiger partial charge is 0.253 e. The minimum atomic E-state index is -0.336. The molecule has 0 heterocycles. The van der Waals surface area contributed by atoms with Crippen molar-refractivity contribution in [2.75, 3.05) is 14.1 Å². The molecular formula is C11H12BNO3. The van der Waals surface area contributed by atoms with Crippen LogP contribution in [-0.2, 0) is 0 Å². The summed E-state index contributed by atoms with van der Waals surface area (Å²) < 4.78 is 0. The first-order valence-corrected chi connectivity index (χ1v) is 4.69. The molecule has 0 fully saturated rings. The maximum Gasteiger partial charge on any atom is 0.253 e. The largest absolute Gasteiger partial charge is 0.508 e. The summed E-state index contributed by atoms with van der Waals surface area (Å²) >= 11 is 0. The van der Waals surface area contributed by atoms with Crippen molar-refractivity contribution < 1.29 is 14.7 Å². The molecular weight excluding hydrogens is 205 g/mol. The number of aromatic hydroxyl groups is 1. The van der Waals surface area contributed by atoms with E-state index in [0.29, 0.717) is 0 Å². The van der Waals surface area contributed by atoms with Gasteiger partial charge in [-0.15, -0.1) is 0 Å². The van der Waals surface area contributed by atoms with Crippen LogP contribution in [0.4, 0.5) is 0 Å². The number of Topliss-reactive ketones (excluding diaryl/α,β-unsaturated/α-hetero) is 1. The predicted octanol–water partition coefficient (Wildman–Crippen LogP) is 0.0904. The highest BCUT2D eigenvalue weighted by molar-refractivity contribution is 6.35. The molecule has 16 heavy (non-hydrogen) atoms. The number of hydrogen-bond acceptors (Lipinski definition) is 3. The van der Waals surface area contributed by atoms with Crippen LogP contribution in [-0.4, -0.2) is 43.6 Å². The lowest BCUT2D eigenvalue weighted by molar-refractivity contribution is 0.0827. The number of ketones is 1. The van der Waals surface area contributed by atoms with Crippen molar-refractivity contribution in [3.8, 4) is 5.75 Å². The van der Waals surface area contributed by atoms with E-state index in [4.69, 9.17) is 7.85 Å². The fraction of sp³-hybridized carbons (Fsp3) is 0.273. The Balaban J connectivity index is 3.35. The van der Waals surface area contributed by atoms with E-state index in [1.165, 1.54) is 24.0 Å². The Morgan fingerprint density at radius 1 is 1.31 bits per heavy atom. The summed E-state index contributed by atoms with van der Waals surface area (Å²) in [7, 11) is 8.72. The molecule has 0 bridgehead atoms. The number of benzene rings is 1. The minimum Gasteiger partial charge on any atom is -0.508 e. The molecule has 4 nitrogen and oxygen atoms in total. The number of rotatable bonds is 2. The molecule has 0 aromatic heterocycles. The first kappa shape index (κ1) is 12.3. The number of nitrogens with zero attached hydrogens (tertiary/aromatic N) is 1. The fourth-order valence-corrected chi connectivity index (χ4v) is 1.31. The molecule has 1 amide bonds. The van der Waals surface area contributed by atoms with Crippen molar-refractivity contribution in [2.24, 2.45) is 0 Å². The van der Waals surface area contributed by atoms with Gasteiger partial charge in [-0.3, -0.25) is 9.59 Å². The molecule has 5 heteroatoms. The third-order valence-electron chi connectivity index (χ3n) is 2.17. The summed E-state index contributed by atoms with van der Waals surface area (Å²) in [5.74, 6) is -0.880. The van der Waals surface area contributed by atoms with Gasteiger partial charge in [-0.05, 0) is 13.0 Å². The zero-order chi connectivity index (χ0) is 12.5. The number of amides is 1. The SMILES string of the molecule is [B]c1cc(C(=O)N(C)C)cc(C(C)=O)c1O. The monoisotopic (exact) mass is 217 g/mol. The molecule has 0 atom stereocenters. The molecule has 0 aliphatic carbocycles. The van der Waals surface area contributed by atoms with Crippen molar-refractivity contribution in [1.82, 2.24) is 4.90 Å². The van der Waals surface area contributed by atoms with Gasteiger partial charge in [-0.25, -0.2) is 0 Å². The van der Waals surface area contributed by atoms with Gasteiger partial charge >= 0.3 is 0 Å². The highest BCUT2D eigenvalue weighted by Crippen LogP contribution is 2.17. The van der Waals surface area contributed by atoms with Crippen LogP contribution >= 0.6 is 0 Å². The number of carbonyl (C=O) groups is 2. The van der Waals surface area contributed by atoms with Gasteiger partial charge in [0, 0.05) is 19.7 Å². The normalized spacial score (nSPS) is 9.94. The third kappa shape index (κ3) is 2.24. The van der Waals surface area contributed by atoms with Crippen molar-refractivity contribution in [1.29, 1.82) is 0 Å². The predicted molar refractivity (Wildman–Crippen MR) is 61.5 cm³/mol. The highest BCUT2D eigenvalue weighted by atomic mass is 16.3.